The van der Waals surface area contributed by atoms with Gasteiger partial charge in [0.05, 0.1) is 16.2 Å². The first-order valence-electron chi connectivity index (χ1n) is 7.41. The van der Waals surface area contributed by atoms with Crippen LogP contribution in [0.5, 0.6) is 0 Å². The molecular weight excluding hydrogens is 351 g/mol. The zero-order valence-electron chi connectivity index (χ0n) is 13.1. The van der Waals surface area contributed by atoms with E-state index >= 15 is 0 Å². The van der Waals surface area contributed by atoms with Gasteiger partial charge in [-0.3, -0.25) is 9.59 Å². The van der Waals surface area contributed by atoms with Crippen LogP contribution >= 0.6 is 11.8 Å². The van der Waals surface area contributed by atoms with Crippen molar-refractivity contribution in [2.45, 2.75) is 6.92 Å². The molecule has 0 N–H and O–H groups in total. The highest BCUT2D eigenvalue weighted by molar-refractivity contribution is 8.04. The molecular formula is C18H12F3NO2S. The van der Waals surface area contributed by atoms with E-state index < -0.39 is 29.3 Å². The number of amides is 2. The lowest BCUT2D eigenvalue weighted by Crippen LogP contribution is -2.31. The van der Waals surface area contributed by atoms with Crippen molar-refractivity contribution >= 4 is 34.8 Å². The number of imide groups is 1. The van der Waals surface area contributed by atoms with Crippen molar-refractivity contribution in [1.29, 1.82) is 0 Å². The Bertz CT molecular complexity index is 894. The van der Waals surface area contributed by atoms with E-state index in [2.05, 4.69) is 0 Å². The lowest BCUT2D eigenvalue weighted by molar-refractivity contribution is -0.119. The van der Waals surface area contributed by atoms with Crippen LogP contribution in [0.15, 0.2) is 47.4 Å². The summed E-state index contributed by atoms with van der Waals surface area (Å²) in [6.45, 7) is 1.82. The molecule has 0 saturated carbocycles. The SMILES string of the molecule is CCSC1=C(c2ccc(F)cc2)C(=O)N(c2ccc(F)c(F)c2)C1=O. The zero-order valence-corrected chi connectivity index (χ0v) is 13.9. The van der Waals surface area contributed by atoms with Gasteiger partial charge in [-0.2, -0.15) is 0 Å². The second kappa shape index (κ2) is 6.76. The highest BCUT2D eigenvalue weighted by Crippen LogP contribution is 2.38. The fourth-order valence-corrected chi connectivity index (χ4v) is 3.37. The van der Waals surface area contributed by atoms with E-state index in [0.29, 0.717) is 11.3 Å². The third-order valence-corrected chi connectivity index (χ3v) is 4.58. The van der Waals surface area contributed by atoms with E-state index in [1.54, 1.807) is 0 Å². The van der Waals surface area contributed by atoms with Gasteiger partial charge in [-0.15, -0.1) is 11.8 Å². The molecule has 0 fully saturated rings. The van der Waals surface area contributed by atoms with Crippen molar-refractivity contribution < 1.29 is 22.8 Å². The van der Waals surface area contributed by atoms with Crippen LogP contribution in [0, 0.1) is 17.5 Å². The molecule has 25 heavy (non-hydrogen) atoms. The van der Waals surface area contributed by atoms with Crippen LogP contribution < -0.4 is 4.90 Å². The molecule has 0 spiro atoms. The summed E-state index contributed by atoms with van der Waals surface area (Å²) in [6, 6.07) is 8.00. The van der Waals surface area contributed by atoms with Crippen molar-refractivity contribution in [3.8, 4) is 0 Å². The van der Waals surface area contributed by atoms with E-state index in [1.165, 1.54) is 36.0 Å². The first kappa shape index (κ1) is 17.3. The molecule has 0 unspecified atom stereocenters. The van der Waals surface area contributed by atoms with Gasteiger partial charge in [-0.25, -0.2) is 18.1 Å². The van der Waals surface area contributed by atoms with Crippen LogP contribution in [0.25, 0.3) is 5.57 Å². The summed E-state index contributed by atoms with van der Waals surface area (Å²) in [5.41, 5.74) is 0.461. The topological polar surface area (TPSA) is 37.4 Å². The van der Waals surface area contributed by atoms with Gasteiger partial charge in [-0.1, -0.05) is 19.1 Å². The predicted molar refractivity (Wildman–Crippen MR) is 90.3 cm³/mol. The molecule has 1 heterocycles. The number of nitrogens with zero attached hydrogens (tertiary/aromatic N) is 1. The molecule has 0 aliphatic carbocycles. The van der Waals surface area contributed by atoms with Crippen LogP contribution in [0.3, 0.4) is 0 Å². The van der Waals surface area contributed by atoms with Gasteiger partial charge in [0.2, 0.25) is 0 Å². The summed E-state index contributed by atoms with van der Waals surface area (Å²) in [5, 5.41) is 0. The van der Waals surface area contributed by atoms with Gasteiger partial charge in [0, 0.05) is 6.07 Å². The molecule has 128 valence electrons. The number of rotatable bonds is 4. The van der Waals surface area contributed by atoms with Gasteiger partial charge in [-0.05, 0) is 35.6 Å². The molecule has 3 nitrogen and oxygen atoms in total. The quantitative estimate of drug-likeness (QED) is 0.766. The highest BCUT2D eigenvalue weighted by atomic mass is 32.2. The Morgan fingerprint density at radius 1 is 0.920 bits per heavy atom. The maximum atomic E-state index is 13.5. The van der Waals surface area contributed by atoms with E-state index in [1.807, 2.05) is 6.92 Å². The first-order valence-corrected chi connectivity index (χ1v) is 8.39. The molecule has 1 aliphatic heterocycles. The Hall–Kier alpha value is -2.54. The van der Waals surface area contributed by atoms with Crippen molar-refractivity contribution in [2.24, 2.45) is 0 Å². The van der Waals surface area contributed by atoms with Crippen LogP contribution in [0.1, 0.15) is 12.5 Å². The molecule has 2 aromatic carbocycles. The minimum Gasteiger partial charge on any atom is -0.268 e. The standard InChI is InChI=1S/C18H12F3NO2S/c1-2-25-16-15(10-3-5-11(19)6-4-10)17(23)22(18(16)24)12-7-8-13(20)14(21)9-12/h3-9H,2H2,1H3. The Morgan fingerprint density at radius 3 is 2.20 bits per heavy atom. The first-order chi connectivity index (χ1) is 11.9. The summed E-state index contributed by atoms with van der Waals surface area (Å²) in [7, 11) is 0. The summed E-state index contributed by atoms with van der Waals surface area (Å²) in [5.74, 6) is -3.43. The predicted octanol–water partition coefficient (Wildman–Crippen LogP) is 4.14. The van der Waals surface area contributed by atoms with Crippen molar-refractivity contribution in [3.63, 3.8) is 0 Å². The Morgan fingerprint density at radius 2 is 1.60 bits per heavy atom. The zero-order chi connectivity index (χ0) is 18.1. The van der Waals surface area contributed by atoms with Gasteiger partial charge < -0.3 is 0 Å². The van der Waals surface area contributed by atoms with Gasteiger partial charge in [0.1, 0.15) is 5.82 Å². The average Bonchev–Trinajstić information content (AvgIpc) is 2.82. The number of halogens is 3. The second-order valence-electron chi connectivity index (χ2n) is 5.19. The number of benzene rings is 2. The van der Waals surface area contributed by atoms with Crippen LogP contribution in [-0.4, -0.2) is 17.6 Å². The van der Waals surface area contributed by atoms with E-state index in [-0.39, 0.29) is 16.2 Å². The largest absolute Gasteiger partial charge is 0.272 e. The number of hydrogen-bond acceptors (Lipinski definition) is 3. The van der Waals surface area contributed by atoms with E-state index in [0.717, 1.165) is 23.1 Å². The number of thioether (sulfide) groups is 1. The lowest BCUT2D eigenvalue weighted by Gasteiger charge is -2.15. The molecule has 0 atom stereocenters. The van der Waals surface area contributed by atoms with Crippen LogP contribution in [0.2, 0.25) is 0 Å². The minimum atomic E-state index is -1.15. The monoisotopic (exact) mass is 363 g/mol. The summed E-state index contributed by atoms with van der Waals surface area (Å²) in [6.07, 6.45) is 0. The Balaban J connectivity index is 2.09. The van der Waals surface area contributed by atoms with Gasteiger partial charge in [0.15, 0.2) is 11.6 Å². The Labute approximate surface area is 146 Å². The van der Waals surface area contributed by atoms with Gasteiger partial charge in [0.25, 0.3) is 11.8 Å². The van der Waals surface area contributed by atoms with E-state index in [4.69, 9.17) is 0 Å². The summed E-state index contributed by atoms with van der Waals surface area (Å²) in [4.78, 5) is 26.5. The molecule has 0 aromatic heterocycles. The van der Waals surface area contributed by atoms with Crippen LogP contribution in [0.4, 0.5) is 18.9 Å². The molecule has 7 heteroatoms. The highest BCUT2D eigenvalue weighted by Gasteiger charge is 2.40. The molecule has 3 rings (SSSR count). The Kier molecular flexibility index (Phi) is 4.67. The maximum absolute atomic E-state index is 13.5. The van der Waals surface area contributed by atoms with Crippen molar-refractivity contribution in [1.82, 2.24) is 0 Å². The van der Waals surface area contributed by atoms with Gasteiger partial charge >= 0.3 is 0 Å². The lowest BCUT2D eigenvalue weighted by atomic mass is 10.1. The number of hydrogen-bond donors (Lipinski definition) is 0. The molecule has 0 radical (unpaired) electrons. The number of anilines is 1. The molecule has 2 aromatic rings. The summed E-state index contributed by atoms with van der Waals surface area (Å²) < 4.78 is 39.8. The summed E-state index contributed by atoms with van der Waals surface area (Å²) >= 11 is 1.17. The fourth-order valence-electron chi connectivity index (χ4n) is 2.52. The van der Waals surface area contributed by atoms with Crippen molar-refractivity contribution in [2.75, 3.05) is 10.7 Å². The smallest absolute Gasteiger partial charge is 0.268 e. The third kappa shape index (κ3) is 3.07. The normalized spacial score (nSPS) is 14.6. The molecule has 2 amide bonds. The van der Waals surface area contributed by atoms with E-state index in [9.17, 15) is 22.8 Å². The molecule has 1 aliphatic rings. The number of carbonyl (C=O) groups excluding carboxylic acids is 2. The third-order valence-electron chi connectivity index (χ3n) is 3.62. The molecule has 0 bridgehead atoms. The second-order valence-corrected chi connectivity index (χ2v) is 6.46. The molecule has 0 saturated heterocycles. The van der Waals surface area contributed by atoms with Crippen LogP contribution in [-0.2, 0) is 9.59 Å². The average molecular weight is 363 g/mol. The number of carbonyl (C=O) groups is 2. The minimum absolute atomic E-state index is 0.0554. The fraction of sp³-hybridized carbons (Fsp3) is 0.111. The maximum Gasteiger partial charge on any atom is 0.272 e. The van der Waals surface area contributed by atoms with Crippen molar-refractivity contribution in [3.05, 3.63) is 70.4 Å².